The molecular weight excluding hydrogens is 298 g/mol. The van der Waals surface area contributed by atoms with Gasteiger partial charge in [-0.2, -0.15) is 0 Å². The van der Waals surface area contributed by atoms with E-state index >= 15 is 0 Å². The van der Waals surface area contributed by atoms with Crippen LogP contribution in [0.15, 0.2) is 42.5 Å². The average Bonchev–Trinajstić information content (AvgIpc) is 3.10. The molecule has 2 heterocycles. The number of aromatic nitrogens is 2. The molecule has 2 aromatic carbocycles. The van der Waals surface area contributed by atoms with Crippen LogP contribution in [0.25, 0.3) is 11.0 Å². The van der Waals surface area contributed by atoms with Crippen molar-refractivity contribution in [3.63, 3.8) is 0 Å². The predicted octanol–water partition coefficient (Wildman–Crippen LogP) is 3.73. The average molecular weight is 319 g/mol. The lowest BCUT2D eigenvalue weighted by Crippen LogP contribution is -2.35. The van der Waals surface area contributed by atoms with Gasteiger partial charge in [-0.05, 0) is 43.2 Å². The molecular formula is C20H21N3O. The van der Waals surface area contributed by atoms with Crippen molar-refractivity contribution < 1.29 is 4.79 Å². The first-order valence-electron chi connectivity index (χ1n) is 8.47. The number of amides is 1. The summed E-state index contributed by atoms with van der Waals surface area (Å²) in [5.74, 6) is 1.09. The largest absolute Gasteiger partial charge is 0.331 e. The van der Waals surface area contributed by atoms with Gasteiger partial charge in [-0.15, -0.1) is 0 Å². The van der Waals surface area contributed by atoms with E-state index in [0.29, 0.717) is 5.56 Å². The number of imidazole rings is 1. The van der Waals surface area contributed by atoms with Crippen molar-refractivity contribution in [2.75, 3.05) is 4.90 Å². The van der Waals surface area contributed by atoms with Crippen LogP contribution >= 0.6 is 0 Å². The summed E-state index contributed by atoms with van der Waals surface area (Å²) in [6, 6.07) is 14.2. The van der Waals surface area contributed by atoms with Crippen LogP contribution in [-0.2, 0) is 19.9 Å². The van der Waals surface area contributed by atoms with E-state index in [2.05, 4.69) is 29.5 Å². The number of fused-ring (bicyclic) bond motifs is 2. The van der Waals surface area contributed by atoms with Gasteiger partial charge < -0.3 is 9.47 Å². The lowest BCUT2D eigenvalue weighted by molar-refractivity contribution is 0.0981. The lowest BCUT2D eigenvalue weighted by Gasteiger charge is -2.22. The van der Waals surface area contributed by atoms with E-state index < -0.39 is 0 Å². The molecule has 4 nitrogen and oxygen atoms in total. The molecule has 4 rings (SSSR count). The number of para-hydroxylation sites is 1. The molecule has 1 atom stereocenters. The van der Waals surface area contributed by atoms with Crippen LogP contribution in [-0.4, -0.2) is 21.5 Å². The Morgan fingerprint density at radius 2 is 2.04 bits per heavy atom. The summed E-state index contributed by atoms with van der Waals surface area (Å²) in [5.41, 5.74) is 4.93. The summed E-state index contributed by atoms with van der Waals surface area (Å²) < 4.78 is 2.09. The fourth-order valence-corrected chi connectivity index (χ4v) is 3.71. The summed E-state index contributed by atoms with van der Waals surface area (Å²) in [7, 11) is 2.02. The number of aryl methyl sites for hydroxylation is 2. The minimum atomic E-state index is 0.0538. The number of rotatable bonds is 2. The van der Waals surface area contributed by atoms with Crippen LogP contribution in [0.2, 0.25) is 0 Å². The molecule has 0 radical (unpaired) electrons. The molecule has 1 amide bonds. The van der Waals surface area contributed by atoms with E-state index in [9.17, 15) is 4.79 Å². The van der Waals surface area contributed by atoms with E-state index in [1.54, 1.807) is 0 Å². The quantitative estimate of drug-likeness (QED) is 0.722. The fourth-order valence-electron chi connectivity index (χ4n) is 3.71. The van der Waals surface area contributed by atoms with Gasteiger partial charge in [0.2, 0.25) is 0 Å². The third kappa shape index (κ3) is 2.13. The molecule has 3 aromatic rings. The van der Waals surface area contributed by atoms with Gasteiger partial charge in [0.15, 0.2) is 0 Å². The molecule has 0 saturated heterocycles. The van der Waals surface area contributed by atoms with E-state index in [-0.39, 0.29) is 11.9 Å². The molecule has 4 heteroatoms. The van der Waals surface area contributed by atoms with Gasteiger partial charge in [0.05, 0.1) is 11.0 Å². The number of anilines is 1. The highest BCUT2D eigenvalue weighted by atomic mass is 16.2. The summed E-state index contributed by atoms with van der Waals surface area (Å²) in [6.07, 6.45) is 1.79. The first kappa shape index (κ1) is 14.9. The standard InChI is InChI=1S/C20H21N3O/c1-4-19-21-16-12-15(9-10-18(16)22(19)3)20(24)23-13(2)11-14-7-5-6-8-17(14)23/h5-10,12-13H,4,11H2,1-3H3/t13-/m1/s1. The molecule has 0 N–H and O–H groups in total. The van der Waals surface area contributed by atoms with Crippen molar-refractivity contribution in [3.8, 4) is 0 Å². The first-order chi connectivity index (χ1) is 11.6. The summed E-state index contributed by atoms with van der Waals surface area (Å²) in [4.78, 5) is 19.7. The van der Waals surface area contributed by atoms with Crippen molar-refractivity contribution in [1.29, 1.82) is 0 Å². The monoisotopic (exact) mass is 319 g/mol. The third-order valence-electron chi connectivity index (χ3n) is 4.96. The number of hydrogen-bond acceptors (Lipinski definition) is 2. The molecule has 0 unspecified atom stereocenters. The van der Waals surface area contributed by atoms with Gasteiger partial charge in [0.1, 0.15) is 5.82 Å². The normalized spacial score (nSPS) is 16.6. The Bertz CT molecular complexity index is 941. The first-order valence-corrected chi connectivity index (χ1v) is 8.47. The van der Waals surface area contributed by atoms with Gasteiger partial charge in [-0.25, -0.2) is 4.98 Å². The molecule has 1 aliphatic heterocycles. The zero-order chi connectivity index (χ0) is 16.8. The van der Waals surface area contributed by atoms with Crippen molar-refractivity contribution in [2.45, 2.75) is 32.7 Å². The SMILES string of the molecule is CCc1nc2cc(C(=O)N3c4ccccc4C[C@H]3C)ccc2n1C. The number of carbonyl (C=O) groups is 1. The molecule has 24 heavy (non-hydrogen) atoms. The molecule has 0 fully saturated rings. The summed E-state index contributed by atoms with van der Waals surface area (Å²) >= 11 is 0. The Labute approximate surface area is 141 Å². The van der Waals surface area contributed by atoms with Gasteiger partial charge in [0, 0.05) is 30.8 Å². The highest BCUT2D eigenvalue weighted by Gasteiger charge is 2.31. The Morgan fingerprint density at radius 1 is 1.25 bits per heavy atom. The van der Waals surface area contributed by atoms with E-state index in [1.807, 2.05) is 48.3 Å². The van der Waals surface area contributed by atoms with E-state index in [4.69, 9.17) is 0 Å². The van der Waals surface area contributed by atoms with Gasteiger partial charge in [-0.3, -0.25) is 4.79 Å². The zero-order valence-electron chi connectivity index (χ0n) is 14.3. The van der Waals surface area contributed by atoms with Crippen LogP contribution in [0, 0.1) is 0 Å². The molecule has 1 aliphatic rings. The minimum Gasteiger partial charge on any atom is -0.331 e. The van der Waals surface area contributed by atoms with Crippen LogP contribution < -0.4 is 4.90 Å². The van der Waals surface area contributed by atoms with Crippen molar-refractivity contribution >= 4 is 22.6 Å². The molecule has 0 saturated carbocycles. The number of hydrogen-bond donors (Lipinski definition) is 0. The van der Waals surface area contributed by atoms with E-state index in [1.165, 1.54) is 5.56 Å². The second kappa shape index (κ2) is 5.48. The Kier molecular flexibility index (Phi) is 3.41. The topological polar surface area (TPSA) is 38.1 Å². The molecule has 0 bridgehead atoms. The molecule has 122 valence electrons. The smallest absolute Gasteiger partial charge is 0.258 e. The number of carbonyl (C=O) groups excluding carboxylic acids is 1. The maximum absolute atomic E-state index is 13.1. The predicted molar refractivity (Wildman–Crippen MR) is 96.5 cm³/mol. The van der Waals surface area contributed by atoms with Crippen molar-refractivity contribution in [3.05, 3.63) is 59.4 Å². The highest BCUT2D eigenvalue weighted by molar-refractivity contribution is 6.09. The maximum atomic E-state index is 13.1. The van der Waals surface area contributed by atoms with Gasteiger partial charge in [-0.1, -0.05) is 25.1 Å². The van der Waals surface area contributed by atoms with Crippen molar-refractivity contribution in [2.24, 2.45) is 7.05 Å². The molecule has 0 spiro atoms. The van der Waals surface area contributed by atoms with Crippen LogP contribution in [0.4, 0.5) is 5.69 Å². The van der Waals surface area contributed by atoms with Crippen LogP contribution in [0.3, 0.4) is 0 Å². The van der Waals surface area contributed by atoms with Gasteiger partial charge >= 0.3 is 0 Å². The Morgan fingerprint density at radius 3 is 2.83 bits per heavy atom. The Hall–Kier alpha value is -2.62. The van der Waals surface area contributed by atoms with Crippen LogP contribution in [0.1, 0.15) is 35.6 Å². The number of nitrogens with zero attached hydrogens (tertiary/aromatic N) is 3. The highest BCUT2D eigenvalue weighted by Crippen LogP contribution is 2.33. The van der Waals surface area contributed by atoms with Crippen molar-refractivity contribution in [1.82, 2.24) is 9.55 Å². The summed E-state index contributed by atoms with van der Waals surface area (Å²) in [6.45, 7) is 4.20. The van der Waals surface area contributed by atoms with Gasteiger partial charge in [0.25, 0.3) is 5.91 Å². The Balaban J connectivity index is 1.76. The maximum Gasteiger partial charge on any atom is 0.258 e. The second-order valence-electron chi connectivity index (χ2n) is 6.50. The fraction of sp³-hybridized carbons (Fsp3) is 0.300. The second-order valence-corrected chi connectivity index (χ2v) is 6.50. The third-order valence-corrected chi connectivity index (χ3v) is 4.96. The minimum absolute atomic E-state index is 0.0538. The summed E-state index contributed by atoms with van der Waals surface area (Å²) in [5, 5.41) is 0. The molecule has 0 aliphatic carbocycles. The van der Waals surface area contributed by atoms with Crippen LogP contribution in [0.5, 0.6) is 0 Å². The lowest BCUT2D eigenvalue weighted by atomic mass is 10.1. The van der Waals surface area contributed by atoms with E-state index in [0.717, 1.165) is 35.4 Å². The number of benzene rings is 2. The molecule has 1 aromatic heterocycles. The zero-order valence-corrected chi connectivity index (χ0v) is 14.3.